The number of nitrogens with two attached hydrogens (primary N) is 1. The standard InChI is InChI=1S/C19H16F4N2O5S/c1-18(2,16(27)30-17(28)19(21,22)23)8-10-4-6-13(31-10)15(26)29-12-5-3-9(14(24)25)7-11(12)20/h3-7H,8H2,1-2H3,(H3,24,25). The van der Waals surface area contributed by atoms with Gasteiger partial charge in [0.05, 0.1) is 5.41 Å². The summed E-state index contributed by atoms with van der Waals surface area (Å²) in [5, 5.41) is 7.25. The summed E-state index contributed by atoms with van der Waals surface area (Å²) >= 11 is 0.877. The second-order valence-corrected chi connectivity index (χ2v) is 8.12. The van der Waals surface area contributed by atoms with E-state index in [0.29, 0.717) is 4.88 Å². The lowest BCUT2D eigenvalue weighted by molar-refractivity contribution is -0.204. The Bertz CT molecular complexity index is 1050. The number of nitrogens with one attached hydrogen (secondary N) is 1. The van der Waals surface area contributed by atoms with E-state index in [4.69, 9.17) is 15.9 Å². The van der Waals surface area contributed by atoms with E-state index in [1.54, 1.807) is 0 Å². The van der Waals surface area contributed by atoms with Crippen LogP contribution in [0.25, 0.3) is 0 Å². The fourth-order valence-corrected chi connectivity index (χ4v) is 3.38. The average molecular weight is 460 g/mol. The summed E-state index contributed by atoms with van der Waals surface area (Å²) < 4.78 is 59.6. The third-order valence-electron chi connectivity index (χ3n) is 3.89. The van der Waals surface area contributed by atoms with E-state index in [2.05, 4.69) is 4.74 Å². The zero-order valence-electron chi connectivity index (χ0n) is 16.1. The highest BCUT2D eigenvalue weighted by molar-refractivity contribution is 7.13. The maximum atomic E-state index is 14.0. The van der Waals surface area contributed by atoms with Crippen molar-refractivity contribution in [3.8, 4) is 5.75 Å². The first-order chi connectivity index (χ1) is 14.2. The van der Waals surface area contributed by atoms with E-state index >= 15 is 0 Å². The fraction of sp³-hybridized carbons (Fsp3) is 0.263. The Balaban J connectivity index is 2.07. The molecule has 0 fully saturated rings. The summed E-state index contributed by atoms with van der Waals surface area (Å²) in [7, 11) is 0. The first-order valence-electron chi connectivity index (χ1n) is 8.49. The highest BCUT2D eigenvalue weighted by Crippen LogP contribution is 2.30. The zero-order chi connectivity index (χ0) is 23.6. The molecule has 0 radical (unpaired) electrons. The molecule has 0 unspecified atom stereocenters. The Hall–Kier alpha value is -3.28. The van der Waals surface area contributed by atoms with Crippen molar-refractivity contribution in [3.05, 3.63) is 51.5 Å². The van der Waals surface area contributed by atoms with Crippen LogP contribution in [0.1, 0.15) is 34.0 Å². The van der Waals surface area contributed by atoms with Crippen molar-refractivity contribution in [2.24, 2.45) is 11.1 Å². The van der Waals surface area contributed by atoms with Crippen molar-refractivity contribution in [1.29, 1.82) is 5.41 Å². The van der Waals surface area contributed by atoms with Gasteiger partial charge in [-0.1, -0.05) is 0 Å². The minimum atomic E-state index is -5.30. The molecule has 166 valence electrons. The molecule has 0 saturated carbocycles. The molecule has 0 atom stereocenters. The molecule has 0 aliphatic carbocycles. The molecule has 1 aromatic heterocycles. The van der Waals surface area contributed by atoms with Crippen molar-refractivity contribution < 1.29 is 41.4 Å². The van der Waals surface area contributed by atoms with Gasteiger partial charge in [-0.2, -0.15) is 13.2 Å². The van der Waals surface area contributed by atoms with Crippen molar-refractivity contribution in [2.75, 3.05) is 0 Å². The highest BCUT2D eigenvalue weighted by atomic mass is 32.1. The summed E-state index contributed by atoms with van der Waals surface area (Å²) in [5.74, 6) is -6.55. The van der Waals surface area contributed by atoms with Crippen molar-refractivity contribution in [3.63, 3.8) is 0 Å². The van der Waals surface area contributed by atoms with Crippen molar-refractivity contribution in [1.82, 2.24) is 0 Å². The Kier molecular flexibility index (Phi) is 6.84. The number of hydrogen-bond donors (Lipinski definition) is 2. The zero-order valence-corrected chi connectivity index (χ0v) is 16.9. The molecule has 1 aromatic carbocycles. The molecule has 2 aromatic rings. The van der Waals surface area contributed by atoms with Gasteiger partial charge in [0.25, 0.3) is 0 Å². The molecule has 2 rings (SSSR count). The van der Waals surface area contributed by atoms with Gasteiger partial charge in [-0.25, -0.2) is 14.0 Å². The normalized spacial score (nSPS) is 11.7. The fourth-order valence-electron chi connectivity index (χ4n) is 2.27. The van der Waals surface area contributed by atoms with E-state index in [0.717, 1.165) is 23.5 Å². The van der Waals surface area contributed by atoms with Crippen LogP contribution in [0.3, 0.4) is 0 Å². The van der Waals surface area contributed by atoms with Crippen LogP contribution in [0.4, 0.5) is 17.6 Å². The molecular weight excluding hydrogens is 444 g/mol. The Morgan fingerprint density at radius 2 is 1.74 bits per heavy atom. The van der Waals surface area contributed by atoms with E-state index in [1.807, 2.05) is 0 Å². The molecule has 0 aliphatic rings. The van der Waals surface area contributed by atoms with Gasteiger partial charge in [0.15, 0.2) is 11.6 Å². The molecule has 0 bridgehead atoms. The molecule has 31 heavy (non-hydrogen) atoms. The van der Waals surface area contributed by atoms with E-state index in [1.165, 1.54) is 32.0 Å². The van der Waals surface area contributed by atoms with Gasteiger partial charge in [-0.3, -0.25) is 10.2 Å². The molecule has 7 nitrogen and oxygen atoms in total. The number of alkyl halides is 3. The monoisotopic (exact) mass is 460 g/mol. The molecule has 0 saturated heterocycles. The smallest absolute Gasteiger partial charge is 0.419 e. The van der Waals surface area contributed by atoms with Gasteiger partial charge in [0.2, 0.25) is 0 Å². The second-order valence-electron chi connectivity index (χ2n) is 6.95. The quantitative estimate of drug-likeness (QED) is 0.170. The molecule has 0 amide bonds. The third kappa shape index (κ3) is 6.10. The third-order valence-corrected chi connectivity index (χ3v) is 4.96. The van der Waals surface area contributed by atoms with Gasteiger partial charge in [-0.05, 0) is 50.6 Å². The number of thiophene rings is 1. The summed E-state index contributed by atoms with van der Waals surface area (Å²) in [6.07, 6.45) is -5.43. The lowest BCUT2D eigenvalue weighted by Crippen LogP contribution is -2.35. The SMILES string of the molecule is CC(C)(Cc1ccc(C(=O)Oc2ccc(C(=N)N)cc2F)s1)C(=O)OC(=O)C(F)(F)F. The van der Waals surface area contributed by atoms with Crippen LogP contribution >= 0.6 is 11.3 Å². The number of nitrogen functional groups attached to an aromatic ring is 1. The van der Waals surface area contributed by atoms with Gasteiger partial charge in [0.1, 0.15) is 10.7 Å². The van der Waals surface area contributed by atoms with Crippen LogP contribution < -0.4 is 10.5 Å². The number of carbonyl (C=O) groups excluding carboxylic acids is 3. The number of benzene rings is 1. The number of esters is 3. The van der Waals surface area contributed by atoms with Crippen molar-refractivity contribution in [2.45, 2.75) is 26.4 Å². The largest absolute Gasteiger partial charge is 0.491 e. The first kappa shape index (κ1) is 24.0. The van der Waals surface area contributed by atoms with Gasteiger partial charge >= 0.3 is 24.1 Å². The maximum absolute atomic E-state index is 14.0. The van der Waals surface area contributed by atoms with Crippen LogP contribution in [0.2, 0.25) is 0 Å². The number of carbonyl (C=O) groups is 3. The summed E-state index contributed by atoms with van der Waals surface area (Å²) in [5.41, 5.74) is 3.86. The van der Waals surface area contributed by atoms with Crippen LogP contribution in [0, 0.1) is 16.6 Å². The van der Waals surface area contributed by atoms with Gasteiger partial charge in [-0.15, -0.1) is 11.3 Å². The van der Waals surface area contributed by atoms with Gasteiger partial charge < -0.3 is 15.2 Å². The topological polar surface area (TPSA) is 120 Å². The molecule has 0 spiro atoms. The molecule has 0 aliphatic heterocycles. The Morgan fingerprint density at radius 3 is 2.29 bits per heavy atom. The lowest BCUT2D eigenvalue weighted by atomic mass is 9.89. The van der Waals surface area contributed by atoms with Crippen LogP contribution in [0.15, 0.2) is 30.3 Å². The first-order valence-corrected chi connectivity index (χ1v) is 9.30. The van der Waals surface area contributed by atoms with E-state index in [9.17, 15) is 31.9 Å². The number of hydrogen-bond acceptors (Lipinski definition) is 7. The predicted molar refractivity (Wildman–Crippen MR) is 101 cm³/mol. The number of amidine groups is 1. The summed E-state index contributed by atoms with van der Waals surface area (Å²) in [6, 6.07) is 6.14. The minimum absolute atomic E-state index is 0.0422. The van der Waals surface area contributed by atoms with Crippen LogP contribution in [-0.2, 0) is 20.7 Å². The molecule has 1 heterocycles. The summed E-state index contributed by atoms with van der Waals surface area (Å²) in [4.78, 5) is 35.5. The van der Waals surface area contributed by atoms with E-state index < -0.39 is 35.3 Å². The molecule has 3 N–H and O–H groups in total. The van der Waals surface area contributed by atoms with Crippen LogP contribution in [-0.4, -0.2) is 29.9 Å². The summed E-state index contributed by atoms with van der Waals surface area (Å²) in [6.45, 7) is 2.56. The number of halogens is 4. The Morgan fingerprint density at radius 1 is 1.10 bits per heavy atom. The number of ether oxygens (including phenoxy) is 2. The van der Waals surface area contributed by atoms with Crippen molar-refractivity contribution >= 4 is 35.1 Å². The highest BCUT2D eigenvalue weighted by Gasteiger charge is 2.44. The lowest BCUT2D eigenvalue weighted by Gasteiger charge is -2.21. The molecular formula is C19H16F4N2O5S. The number of rotatable bonds is 6. The minimum Gasteiger partial charge on any atom is -0.419 e. The van der Waals surface area contributed by atoms with E-state index in [-0.39, 0.29) is 28.4 Å². The molecule has 12 heteroatoms. The van der Waals surface area contributed by atoms with Gasteiger partial charge in [0, 0.05) is 10.4 Å². The Labute approximate surface area is 177 Å². The van der Waals surface area contributed by atoms with Crippen LogP contribution in [0.5, 0.6) is 5.75 Å². The average Bonchev–Trinajstić information content (AvgIpc) is 3.10. The maximum Gasteiger partial charge on any atom is 0.491 e. The predicted octanol–water partition coefficient (Wildman–Crippen LogP) is 3.59. The second kappa shape index (κ2) is 8.84.